The van der Waals surface area contributed by atoms with Gasteiger partial charge in [-0.3, -0.25) is 4.79 Å². The van der Waals surface area contributed by atoms with Crippen LogP contribution in [0, 0.1) is 5.92 Å². The van der Waals surface area contributed by atoms with Gasteiger partial charge in [0.25, 0.3) is 0 Å². The van der Waals surface area contributed by atoms with E-state index in [1.54, 1.807) is 45.2 Å². The predicted octanol–water partition coefficient (Wildman–Crippen LogP) is 6.18. The summed E-state index contributed by atoms with van der Waals surface area (Å²) in [5.74, 6) is 0.621. The van der Waals surface area contributed by atoms with Crippen molar-refractivity contribution in [1.29, 1.82) is 0 Å². The Balaban J connectivity index is 1.61. The lowest BCUT2D eigenvalue weighted by Gasteiger charge is -2.11. The number of benzene rings is 3. The predicted molar refractivity (Wildman–Crippen MR) is 137 cm³/mol. The maximum absolute atomic E-state index is 13.4. The van der Waals surface area contributed by atoms with Crippen molar-refractivity contribution in [3.63, 3.8) is 0 Å². The average Bonchev–Trinajstić information content (AvgIpc) is 3.33. The lowest BCUT2D eigenvalue weighted by molar-refractivity contribution is -0.137. The number of anilines is 1. The average molecular weight is 525 g/mol. The van der Waals surface area contributed by atoms with E-state index in [1.165, 1.54) is 16.8 Å². The molecule has 198 valence electrons. The lowest BCUT2D eigenvalue weighted by Crippen LogP contribution is -2.17. The normalized spacial score (nSPS) is 11.4. The van der Waals surface area contributed by atoms with Gasteiger partial charge in [-0.25, -0.2) is 4.68 Å². The number of ether oxygens (including phenoxy) is 2. The molecule has 1 aromatic heterocycles. The van der Waals surface area contributed by atoms with Gasteiger partial charge in [-0.05, 0) is 54.1 Å². The van der Waals surface area contributed by atoms with Crippen molar-refractivity contribution < 1.29 is 27.4 Å². The highest BCUT2D eigenvalue weighted by Crippen LogP contribution is 2.33. The van der Waals surface area contributed by atoms with Crippen molar-refractivity contribution in [2.75, 3.05) is 19.0 Å². The molecule has 0 saturated carbocycles. The van der Waals surface area contributed by atoms with Gasteiger partial charge in [0.05, 0.1) is 25.0 Å². The Morgan fingerprint density at radius 2 is 1.74 bits per heavy atom. The van der Waals surface area contributed by atoms with Crippen LogP contribution >= 0.6 is 0 Å². The molecule has 1 amide bonds. The molecule has 1 N–H and O–H groups in total. The minimum atomic E-state index is -4.51. The van der Waals surface area contributed by atoms with E-state index in [1.807, 2.05) is 24.3 Å². The maximum atomic E-state index is 13.4. The Kier molecular flexibility index (Phi) is 7.99. The molecule has 0 atom stereocenters. The number of amides is 1. The Morgan fingerprint density at radius 3 is 2.37 bits per heavy atom. The van der Waals surface area contributed by atoms with Crippen LogP contribution < -0.4 is 14.8 Å². The number of hydrogen-bond donors (Lipinski definition) is 1. The van der Waals surface area contributed by atoms with Crippen LogP contribution in [-0.4, -0.2) is 34.4 Å². The van der Waals surface area contributed by atoms with Crippen LogP contribution in [0.1, 0.15) is 25.0 Å². The highest BCUT2D eigenvalue weighted by Gasteiger charge is 2.31. The van der Waals surface area contributed by atoms with Crippen molar-refractivity contribution in [2.24, 2.45) is 5.92 Å². The van der Waals surface area contributed by atoms with Gasteiger partial charge in [0.15, 0.2) is 5.82 Å². The van der Waals surface area contributed by atoms with Crippen LogP contribution in [-0.2, 0) is 17.4 Å². The molecule has 0 spiro atoms. The van der Waals surface area contributed by atoms with Crippen molar-refractivity contribution in [1.82, 2.24) is 14.8 Å². The number of aromatic nitrogens is 3. The van der Waals surface area contributed by atoms with E-state index in [4.69, 9.17) is 9.47 Å². The Bertz CT molecular complexity index is 1380. The number of alkyl halides is 3. The minimum absolute atomic E-state index is 0.0307. The smallest absolute Gasteiger partial charge is 0.416 e. The molecule has 0 aliphatic heterocycles. The molecule has 0 aliphatic carbocycles. The van der Waals surface area contributed by atoms with Crippen molar-refractivity contribution in [3.05, 3.63) is 83.9 Å². The summed E-state index contributed by atoms with van der Waals surface area (Å²) in [4.78, 5) is 16.4. The molecule has 0 fully saturated rings. The summed E-state index contributed by atoms with van der Waals surface area (Å²) in [5.41, 5.74) is 1.58. The van der Waals surface area contributed by atoms with Gasteiger partial charge in [0, 0.05) is 23.6 Å². The zero-order valence-corrected chi connectivity index (χ0v) is 21.1. The van der Waals surface area contributed by atoms with Crippen LogP contribution in [0.15, 0.2) is 72.8 Å². The molecule has 7 nitrogen and oxygen atoms in total. The van der Waals surface area contributed by atoms with Crippen molar-refractivity contribution in [2.45, 2.75) is 26.4 Å². The highest BCUT2D eigenvalue weighted by molar-refractivity contribution is 5.92. The van der Waals surface area contributed by atoms with Crippen LogP contribution in [0.5, 0.6) is 11.8 Å². The zero-order valence-electron chi connectivity index (χ0n) is 21.1. The fourth-order valence-corrected chi connectivity index (χ4v) is 3.58. The molecule has 10 heteroatoms. The largest absolute Gasteiger partial charge is 0.497 e. The summed E-state index contributed by atoms with van der Waals surface area (Å²) in [6, 6.07) is 19.2. The van der Waals surface area contributed by atoms with Crippen molar-refractivity contribution >= 4 is 11.6 Å². The molecule has 0 aliphatic rings. The third-order valence-electron chi connectivity index (χ3n) is 5.72. The molecule has 4 aromatic rings. The third-order valence-corrected chi connectivity index (χ3v) is 5.72. The molecule has 1 heterocycles. The number of nitrogens with one attached hydrogen (secondary N) is 1. The number of carbonyl (C=O) groups is 1. The quantitative estimate of drug-likeness (QED) is 0.283. The topological polar surface area (TPSA) is 78.3 Å². The monoisotopic (exact) mass is 524 g/mol. The number of carbonyl (C=O) groups excluding carboxylic acids is 1. The second kappa shape index (κ2) is 11.4. The Labute approximate surface area is 218 Å². The second-order valence-corrected chi connectivity index (χ2v) is 8.85. The standard InChI is InChI=1S/C28H27F3N4O3/c1-18(2)26(36)32-22-9-11-23(12-10-22)35-25(20-5-4-6-21(17-20)28(29,30)31)33-27(34-35)38-16-15-19-7-13-24(37-3)14-8-19/h4-14,17-18H,15-16H2,1-3H3,(H,32,36). The maximum Gasteiger partial charge on any atom is 0.416 e. The van der Waals surface area contributed by atoms with Gasteiger partial charge in [-0.1, -0.05) is 38.1 Å². The van der Waals surface area contributed by atoms with Crippen LogP contribution in [0.25, 0.3) is 17.1 Å². The molecule has 0 saturated heterocycles. The van der Waals surface area contributed by atoms with E-state index >= 15 is 0 Å². The fourth-order valence-electron chi connectivity index (χ4n) is 3.58. The fraction of sp³-hybridized carbons (Fsp3) is 0.250. The first-order valence-corrected chi connectivity index (χ1v) is 12.0. The molecule has 0 bridgehead atoms. The lowest BCUT2D eigenvalue weighted by atomic mass is 10.1. The molecule has 38 heavy (non-hydrogen) atoms. The SMILES string of the molecule is COc1ccc(CCOc2nc(-c3cccc(C(F)(F)F)c3)n(-c3ccc(NC(=O)C(C)C)cc3)n2)cc1. The summed E-state index contributed by atoms with van der Waals surface area (Å²) in [5, 5.41) is 7.23. The van der Waals surface area contributed by atoms with Crippen molar-refractivity contribution in [3.8, 4) is 28.8 Å². The first-order chi connectivity index (χ1) is 18.1. The molecule has 0 unspecified atom stereocenters. The number of rotatable bonds is 9. The number of hydrogen-bond acceptors (Lipinski definition) is 5. The van der Waals surface area contributed by atoms with Gasteiger partial charge in [-0.15, -0.1) is 5.10 Å². The van der Waals surface area contributed by atoms with Crippen LogP contribution in [0.2, 0.25) is 0 Å². The van der Waals surface area contributed by atoms with Gasteiger partial charge < -0.3 is 14.8 Å². The summed E-state index contributed by atoms with van der Waals surface area (Å²) in [6.45, 7) is 3.84. The van der Waals surface area contributed by atoms with Crippen LogP contribution in [0.3, 0.4) is 0 Å². The first kappa shape index (κ1) is 26.7. The van der Waals surface area contributed by atoms with Gasteiger partial charge in [0.2, 0.25) is 5.91 Å². The minimum Gasteiger partial charge on any atom is -0.497 e. The van der Waals surface area contributed by atoms with E-state index in [-0.39, 0.29) is 35.8 Å². The number of nitrogens with zero attached hydrogens (tertiary/aromatic N) is 3. The number of methoxy groups -OCH3 is 1. The third kappa shape index (κ3) is 6.50. The summed E-state index contributed by atoms with van der Waals surface area (Å²) in [7, 11) is 1.59. The summed E-state index contributed by atoms with van der Waals surface area (Å²) >= 11 is 0. The summed E-state index contributed by atoms with van der Waals surface area (Å²) in [6.07, 6.45) is -3.93. The van der Waals surface area contributed by atoms with E-state index < -0.39 is 11.7 Å². The molecular weight excluding hydrogens is 497 g/mol. The van der Waals surface area contributed by atoms with E-state index in [0.29, 0.717) is 17.8 Å². The Morgan fingerprint density at radius 1 is 1.03 bits per heavy atom. The molecule has 4 rings (SSSR count). The summed E-state index contributed by atoms with van der Waals surface area (Å²) < 4.78 is 52.5. The highest BCUT2D eigenvalue weighted by atomic mass is 19.4. The second-order valence-electron chi connectivity index (χ2n) is 8.85. The Hall–Kier alpha value is -4.34. The van der Waals surface area contributed by atoms with Crippen LogP contribution in [0.4, 0.5) is 18.9 Å². The zero-order chi connectivity index (χ0) is 27.3. The molecular formula is C28H27F3N4O3. The number of halogens is 3. The van der Waals surface area contributed by atoms with E-state index in [9.17, 15) is 18.0 Å². The van der Waals surface area contributed by atoms with Gasteiger partial charge in [-0.2, -0.15) is 18.2 Å². The van der Waals surface area contributed by atoms with Gasteiger partial charge in [0.1, 0.15) is 5.75 Å². The van der Waals surface area contributed by atoms with E-state index in [2.05, 4.69) is 15.4 Å². The first-order valence-electron chi connectivity index (χ1n) is 12.0. The molecule has 3 aromatic carbocycles. The van der Waals surface area contributed by atoms with E-state index in [0.717, 1.165) is 23.4 Å². The van der Waals surface area contributed by atoms with Gasteiger partial charge >= 0.3 is 12.2 Å². The molecule has 0 radical (unpaired) electrons.